The van der Waals surface area contributed by atoms with Crippen LogP contribution >= 0.6 is 0 Å². The lowest BCUT2D eigenvalue weighted by Crippen LogP contribution is -2.14. The number of benzene rings is 7. The Hall–Kier alpha value is -6.52. The van der Waals surface area contributed by atoms with E-state index in [1.165, 1.54) is 44.1 Å². The molecule has 0 saturated heterocycles. The van der Waals surface area contributed by atoms with Crippen LogP contribution in [0.25, 0.3) is 94.1 Å². The minimum atomic E-state index is -0.0559. The highest BCUT2D eigenvalue weighted by molar-refractivity contribution is 6.12. The van der Waals surface area contributed by atoms with Crippen LogP contribution in [0.4, 0.5) is 0 Å². The highest BCUT2D eigenvalue weighted by Gasteiger charge is 2.36. The van der Waals surface area contributed by atoms with Gasteiger partial charge in [0.2, 0.25) is 0 Å². The summed E-state index contributed by atoms with van der Waals surface area (Å²) in [6.07, 6.45) is 0. The molecule has 4 heteroatoms. The lowest BCUT2D eigenvalue weighted by atomic mass is 9.82. The van der Waals surface area contributed by atoms with Gasteiger partial charge in [0.1, 0.15) is 11.2 Å². The van der Waals surface area contributed by atoms with Crippen molar-refractivity contribution in [1.82, 2.24) is 14.5 Å². The standard InChI is InChI=1S/C47H31N3O/c1-47(2)38-18-7-3-12-30(38)36-27-42-37(26-39(36)47)31-13-5-9-20-41(31)50(42)29-24-22-28(23-25-29)46-48-40-19-8-4-15-34(40)44(49-46)35-17-11-16-33-32-14-6-10-21-43(32)51-45(33)35/h3-27H,1-2H3. The topological polar surface area (TPSA) is 43.9 Å². The maximum Gasteiger partial charge on any atom is 0.160 e. The summed E-state index contributed by atoms with van der Waals surface area (Å²) in [5.74, 6) is 0.683. The summed E-state index contributed by atoms with van der Waals surface area (Å²) < 4.78 is 8.86. The van der Waals surface area contributed by atoms with Crippen LogP contribution in [-0.2, 0) is 5.41 Å². The van der Waals surface area contributed by atoms with Gasteiger partial charge in [0.05, 0.1) is 22.2 Å². The van der Waals surface area contributed by atoms with Crippen LogP contribution in [0.3, 0.4) is 0 Å². The normalized spacial score (nSPS) is 13.5. The summed E-state index contributed by atoms with van der Waals surface area (Å²) in [6, 6.07) is 53.9. The molecule has 0 atom stereocenters. The second-order valence-electron chi connectivity index (χ2n) is 14.2. The number of furan rings is 1. The molecule has 51 heavy (non-hydrogen) atoms. The van der Waals surface area contributed by atoms with Crippen molar-refractivity contribution in [3.05, 3.63) is 163 Å². The van der Waals surface area contributed by atoms with E-state index in [4.69, 9.17) is 14.4 Å². The third-order valence-corrected chi connectivity index (χ3v) is 11.0. The molecule has 0 unspecified atom stereocenters. The number of nitrogens with zero attached hydrogens (tertiary/aromatic N) is 3. The van der Waals surface area contributed by atoms with E-state index in [0.29, 0.717) is 5.82 Å². The maximum absolute atomic E-state index is 6.46. The molecule has 0 bridgehead atoms. The van der Waals surface area contributed by atoms with Crippen molar-refractivity contribution < 1.29 is 4.42 Å². The number of fused-ring (bicyclic) bond motifs is 10. The molecule has 11 rings (SSSR count). The molecule has 0 saturated carbocycles. The van der Waals surface area contributed by atoms with Gasteiger partial charge >= 0.3 is 0 Å². The first-order chi connectivity index (χ1) is 25.0. The van der Waals surface area contributed by atoms with Crippen molar-refractivity contribution >= 4 is 54.6 Å². The number of hydrogen-bond donors (Lipinski definition) is 0. The first kappa shape index (κ1) is 28.3. The molecule has 4 nitrogen and oxygen atoms in total. The number of aromatic nitrogens is 3. The Labute approximate surface area is 294 Å². The summed E-state index contributed by atoms with van der Waals surface area (Å²) in [5.41, 5.74) is 14.3. The Morgan fingerprint density at radius 2 is 1.22 bits per heavy atom. The molecule has 0 spiro atoms. The predicted molar refractivity (Wildman–Crippen MR) is 210 cm³/mol. The summed E-state index contributed by atoms with van der Waals surface area (Å²) in [6.45, 7) is 4.69. The lowest BCUT2D eigenvalue weighted by molar-refractivity contribution is 0.661. The van der Waals surface area contributed by atoms with Gasteiger partial charge in [0, 0.05) is 49.2 Å². The number of rotatable bonds is 3. The second-order valence-corrected chi connectivity index (χ2v) is 14.2. The molecular formula is C47H31N3O. The number of para-hydroxylation sites is 4. The summed E-state index contributed by atoms with van der Waals surface area (Å²) >= 11 is 0. The lowest BCUT2D eigenvalue weighted by Gasteiger charge is -2.21. The third kappa shape index (κ3) is 3.96. The van der Waals surface area contributed by atoms with Crippen LogP contribution in [0.1, 0.15) is 25.0 Å². The van der Waals surface area contributed by atoms with E-state index in [2.05, 4.69) is 146 Å². The highest BCUT2D eigenvalue weighted by atomic mass is 16.3. The molecule has 1 aliphatic rings. The second kappa shape index (κ2) is 10.3. The van der Waals surface area contributed by atoms with Crippen LogP contribution in [0, 0.1) is 0 Å². The van der Waals surface area contributed by atoms with Gasteiger partial charge in [-0.15, -0.1) is 0 Å². The highest BCUT2D eigenvalue weighted by Crippen LogP contribution is 2.51. The molecule has 7 aromatic carbocycles. The first-order valence-corrected chi connectivity index (χ1v) is 17.5. The average Bonchev–Trinajstić information content (AvgIpc) is 3.79. The minimum Gasteiger partial charge on any atom is -0.455 e. The Kier molecular flexibility index (Phi) is 5.70. The zero-order valence-electron chi connectivity index (χ0n) is 28.2. The van der Waals surface area contributed by atoms with Crippen molar-refractivity contribution in [1.29, 1.82) is 0 Å². The Morgan fingerprint density at radius 1 is 0.510 bits per heavy atom. The fraction of sp³-hybridized carbons (Fsp3) is 0.0638. The van der Waals surface area contributed by atoms with Crippen molar-refractivity contribution in [2.24, 2.45) is 0 Å². The molecule has 1 aliphatic carbocycles. The molecule has 0 amide bonds. The van der Waals surface area contributed by atoms with Gasteiger partial charge in [0.15, 0.2) is 5.82 Å². The first-order valence-electron chi connectivity index (χ1n) is 17.5. The smallest absolute Gasteiger partial charge is 0.160 e. The average molecular weight is 654 g/mol. The number of hydrogen-bond acceptors (Lipinski definition) is 3. The van der Waals surface area contributed by atoms with Gasteiger partial charge in [-0.3, -0.25) is 0 Å². The molecule has 10 aromatic rings. The maximum atomic E-state index is 6.46. The van der Waals surface area contributed by atoms with Crippen LogP contribution in [0.15, 0.2) is 156 Å². The fourth-order valence-corrected chi connectivity index (χ4v) is 8.55. The quantitative estimate of drug-likeness (QED) is 0.191. The molecule has 0 radical (unpaired) electrons. The van der Waals surface area contributed by atoms with Gasteiger partial charge in [0.25, 0.3) is 0 Å². The molecular weight excluding hydrogens is 623 g/mol. The van der Waals surface area contributed by atoms with E-state index in [-0.39, 0.29) is 5.41 Å². The van der Waals surface area contributed by atoms with E-state index in [1.54, 1.807) is 0 Å². The van der Waals surface area contributed by atoms with Gasteiger partial charge in [-0.05, 0) is 82.9 Å². The van der Waals surface area contributed by atoms with E-state index in [1.807, 2.05) is 24.3 Å². The zero-order valence-corrected chi connectivity index (χ0v) is 28.2. The van der Waals surface area contributed by atoms with Crippen LogP contribution in [0.5, 0.6) is 0 Å². The molecule has 0 N–H and O–H groups in total. The van der Waals surface area contributed by atoms with Crippen molar-refractivity contribution in [3.8, 4) is 39.5 Å². The van der Waals surface area contributed by atoms with Gasteiger partial charge in [-0.2, -0.15) is 0 Å². The summed E-state index contributed by atoms with van der Waals surface area (Å²) in [7, 11) is 0. The zero-order chi connectivity index (χ0) is 33.8. The van der Waals surface area contributed by atoms with Crippen LogP contribution < -0.4 is 0 Å². The monoisotopic (exact) mass is 653 g/mol. The van der Waals surface area contributed by atoms with Gasteiger partial charge in [-0.25, -0.2) is 9.97 Å². The predicted octanol–water partition coefficient (Wildman–Crippen LogP) is 12.3. The molecule has 240 valence electrons. The van der Waals surface area contributed by atoms with Crippen molar-refractivity contribution in [2.45, 2.75) is 19.3 Å². The molecule has 0 fully saturated rings. The Morgan fingerprint density at radius 3 is 2.10 bits per heavy atom. The van der Waals surface area contributed by atoms with E-state index >= 15 is 0 Å². The summed E-state index contributed by atoms with van der Waals surface area (Å²) in [5, 5.41) is 5.71. The van der Waals surface area contributed by atoms with Crippen LogP contribution in [-0.4, -0.2) is 14.5 Å². The Balaban J connectivity index is 1.08. The fourth-order valence-electron chi connectivity index (χ4n) is 8.55. The van der Waals surface area contributed by atoms with Gasteiger partial charge in [-0.1, -0.05) is 105 Å². The van der Waals surface area contributed by atoms with Crippen molar-refractivity contribution in [2.75, 3.05) is 0 Å². The molecule has 3 heterocycles. The minimum absolute atomic E-state index is 0.0559. The van der Waals surface area contributed by atoms with E-state index in [9.17, 15) is 0 Å². The molecule has 0 aliphatic heterocycles. The van der Waals surface area contributed by atoms with Gasteiger partial charge < -0.3 is 8.98 Å². The van der Waals surface area contributed by atoms with Crippen molar-refractivity contribution in [3.63, 3.8) is 0 Å². The molecule has 3 aromatic heterocycles. The largest absolute Gasteiger partial charge is 0.455 e. The van der Waals surface area contributed by atoms with E-state index < -0.39 is 0 Å². The summed E-state index contributed by atoms with van der Waals surface area (Å²) in [4.78, 5) is 10.3. The third-order valence-electron chi connectivity index (χ3n) is 11.0. The SMILES string of the molecule is CC1(C)c2ccccc2-c2cc3c(cc21)c1ccccc1n3-c1ccc(-c2nc(-c3cccc4c3oc3ccccc34)c3ccccc3n2)cc1. The Bertz CT molecular complexity index is 3050. The van der Waals surface area contributed by atoms with Crippen LogP contribution in [0.2, 0.25) is 0 Å². The van der Waals surface area contributed by atoms with E-state index in [0.717, 1.165) is 55.3 Å².